The third-order valence-electron chi connectivity index (χ3n) is 6.07. The van der Waals surface area contributed by atoms with Crippen molar-refractivity contribution in [1.29, 1.82) is 0 Å². The van der Waals surface area contributed by atoms with Gasteiger partial charge < -0.3 is 14.9 Å². The molecule has 10 heteroatoms. The molecule has 1 aliphatic heterocycles. The summed E-state index contributed by atoms with van der Waals surface area (Å²) in [6, 6.07) is 3.63. The molecule has 0 saturated heterocycles. The molecular weight excluding hydrogens is 451 g/mol. The van der Waals surface area contributed by atoms with Crippen LogP contribution in [0.25, 0.3) is 22.2 Å². The van der Waals surface area contributed by atoms with E-state index in [0.717, 1.165) is 22.2 Å². The van der Waals surface area contributed by atoms with Crippen molar-refractivity contribution in [3.05, 3.63) is 66.8 Å². The Balaban J connectivity index is 1.60. The van der Waals surface area contributed by atoms with Gasteiger partial charge in [0.15, 0.2) is 0 Å². The molecule has 0 fully saturated rings. The molecule has 0 radical (unpaired) electrons. The largest absolute Gasteiger partial charge is 0.360 e. The van der Waals surface area contributed by atoms with Crippen LogP contribution in [0.4, 0.5) is 0 Å². The number of pyridine rings is 1. The van der Waals surface area contributed by atoms with Crippen LogP contribution in [-0.4, -0.2) is 42.3 Å². The maximum absolute atomic E-state index is 13.6. The smallest absolute Gasteiger partial charge is 0.256 e. The number of aromatic amines is 2. The highest BCUT2D eigenvalue weighted by molar-refractivity contribution is 6.39. The van der Waals surface area contributed by atoms with Crippen LogP contribution in [0.15, 0.2) is 23.1 Å². The Hall–Kier alpha value is -3.10. The number of hydrogen-bond donors (Lipinski definition) is 2. The Labute approximate surface area is 193 Å². The zero-order valence-electron chi connectivity index (χ0n) is 17.7. The number of carbonyl (C=O) groups is 1. The second-order valence-corrected chi connectivity index (χ2v) is 8.81. The minimum atomic E-state index is -0.253. The zero-order chi connectivity index (χ0) is 22.7. The summed E-state index contributed by atoms with van der Waals surface area (Å²) in [7, 11) is 1.76. The molecule has 0 saturated carbocycles. The second kappa shape index (κ2) is 7.50. The van der Waals surface area contributed by atoms with Gasteiger partial charge in [0, 0.05) is 47.0 Å². The van der Waals surface area contributed by atoms with Gasteiger partial charge in [0.1, 0.15) is 0 Å². The SMILES string of the molecule is Cc1nnn(C)c1-c1cc(Cl)c2c(c1Cl)C(=O)N(Cc1c(=O)[nH]c(C)c3[nH]ccc13)CC2. The van der Waals surface area contributed by atoms with Crippen molar-refractivity contribution in [1.82, 2.24) is 29.9 Å². The number of nitrogens with one attached hydrogen (secondary N) is 2. The first kappa shape index (κ1) is 20.8. The fraction of sp³-hybridized carbons (Fsp3) is 0.273. The lowest BCUT2D eigenvalue weighted by Crippen LogP contribution is -2.39. The first-order valence-electron chi connectivity index (χ1n) is 10.1. The molecule has 0 unspecified atom stereocenters. The summed E-state index contributed by atoms with van der Waals surface area (Å²) in [6.45, 7) is 4.27. The Morgan fingerprint density at radius 2 is 2.00 bits per heavy atom. The van der Waals surface area contributed by atoms with E-state index in [1.165, 1.54) is 0 Å². The molecule has 4 heterocycles. The lowest BCUT2D eigenvalue weighted by molar-refractivity contribution is 0.0727. The molecule has 0 atom stereocenters. The average molecular weight is 471 g/mol. The van der Waals surface area contributed by atoms with E-state index >= 15 is 0 Å². The Kier molecular flexibility index (Phi) is 4.87. The van der Waals surface area contributed by atoms with E-state index in [0.29, 0.717) is 51.1 Å². The molecule has 4 aromatic rings. The maximum Gasteiger partial charge on any atom is 0.256 e. The number of rotatable bonds is 3. The molecule has 5 rings (SSSR count). The topological polar surface area (TPSA) is 99.7 Å². The monoisotopic (exact) mass is 470 g/mol. The van der Waals surface area contributed by atoms with Gasteiger partial charge in [0.2, 0.25) is 0 Å². The second-order valence-electron chi connectivity index (χ2n) is 8.02. The number of carbonyl (C=O) groups excluding carboxylic acids is 1. The van der Waals surface area contributed by atoms with Crippen LogP contribution in [0.2, 0.25) is 10.0 Å². The lowest BCUT2D eigenvalue weighted by Gasteiger charge is -2.30. The molecular formula is C22H20Cl2N6O2. The Morgan fingerprint density at radius 3 is 2.72 bits per heavy atom. The Morgan fingerprint density at radius 1 is 1.22 bits per heavy atom. The molecule has 2 N–H and O–H groups in total. The van der Waals surface area contributed by atoms with Gasteiger partial charge >= 0.3 is 0 Å². The summed E-state index contributed by atoms with van der Waals surface area (Å²) in [5, 5.41) is 9.72. The van der Waals surface area contributed by atoms with Crippen LogP contribution in [0.5, 0.6) is 0 Å². The molecule has 164 valence electrons. The van der Waals surface area contributed by atoms with E-state index < -0.39 is 0 Å². The number of aromatic nitrogens is 5. The zero-order valence-corrected chi connectivity index (χ0v) is 19.2. The van der Waals surface area contributed by atoms with Crippen LogP contribution in [0, 0.1) is 13.8 Å². The van der Waals surface area contributed by atoms with Crippen LogP contribution in [0.1, 0.15) is 32.9 Å². The van der Waals surface area contributed by atoms with Crippen molar-refractivity contribution in [3.63, 3.8) is 0 Å². The molecule has 0 spiro atoms. The molecule has 1 amide bonds. The van der Waals surface area contributed by atoms with Crippen molar-refractivity contribution in [2.75, 3.05) is 6.54 Å². The fourth-order valence-corrected chi connectivity index (χ4v) is 5.14. The number of hydrogen-bond acceptors (Lipinski definition) is 4. The lowest BCUT2D eigenvalue weighted by atomic mass is 9.94. The van der Waals surface area contributed by atoms with Crippen LogP contribution >= 0.6 is 23.2 Å². The average Bonchev–Trinajstić information content (AvgIpc) is 3.36. The molecule has 3 aromatic heterocycles. The standard InChI is InChI=1S/C22H20Cl2N6O2/c1-10-19-12(4-6-25-19)15(21(31)26-10)9-30-7-5-13-16(23)8-14(18(24)17(13)22(30)32)20-11(2)27-28-29(20)3/h4,6,8,25H,5,7,9H2,1-3H3,(H,26,31). The van der Waals surface area contributed by atoms with Crippen LogP contribution < -0.4 is 5.56 Å². The number of aryl methyl sites for hydroxylation is 3. The number of amides is 1. The minimum Gasteiger partial charge on any atom is -0.360 e. The predicted octanol–water partition coefficient (Wildman–Crippen LogP) is 3.77. The third kappa shape index (κ3) is 3.05. The summed E-state index contributed by atoms with van der Waals surface area (Å²) in [5.74, 6) is -0.253. The van der Waals surface area contributed by atoms with E-state index in [-0.39, 0.29) is 18.0 Å². The van der Waals surface area contributed by atoms with Crippen molar-refractivity contribution >= 4 is 40.0 Å². The summed E-state index contributed by atoms with van der Waals surface area (Å²) < 4.78 is 1.61. The Bertz CT molecular complexity index is 1450. The normalized spacial score (nSPS) is 13.8. The minimum absolute atomic E-state index is 0.173. The number of benzene rings is 1. The molecule has 0 aliphatic carbocycles. The van der Waals surface area contributed by atoms with Crippen molar-refractivity contribution in [2.45, 2.75) is 26.8 Å². The number of fused-ring (bicyclic) bond motifs is 2. The van der Waals surface area contributed by atoms with Crippen molar-refractivity contribution in [2.24, 2.45) is 7.05 Å². The van der Waals surface area contributed by atoms with Gasteiger partial charge in [0.05, 0.1) is 34.0 Å². The van der Waals surface area contributed by atoms with Gasteiger partial charge in [-0.25, -0.2) is 4.68 Å². The van der Waals surface area contributed by atoms with E-state index in [4.69, 9.17) is 23.2 Å². The maximum atomic E-state index is 13.6. The number of nitrogens with zero attached hydrogens (tertiary/aromatic N) is 4. The summed E-state index contributed by atoms with van der Waals surface area (Å²) in [6.07, 6.45) is 2.33. The van der Waals surface area contributed by atoms with Crippen molar-refractivity contribution < 1.29 is 4.79 Å². The van der Waals surface area contributed by atoms with Gasteiger partial charge in [-0.1, -0.05) is 28.4 Å². The predicted molar refractivity (Wildman–Crippen MR) is 123 cm³/mol. The number of H-pyrrole nitrogens is 2. The van der Waals surface area contributed by atoms with Gasteiger partial charge in [-0.2, -0.15) is 0 Å². The van der Waals surface area contributed by atoms with Gasteiger partial charge in [-0.3, -0.25) is 9.59 Å². The molecule has 1 aliphatic rings. The summed E-state index contributed by atoms with van der Waals surface area (Å²) in [5.41, 5.74) is 5.03. The van der Waals surface area contributed by atoms with E-state index in [1.807, 2.05) is 19.9 Å². The first-order valence-corrected chi connectivity index (χ1v) is 10.9. The van der Waals surface area contributed by atoms with Crippen LogP contribution in [0.3, 0.4) is 0 Å². The molecule has 0 bridgehead atoms. The highest BCUT2D eigenvalue weighted by Gasteiger charge is 2.32. The van der Waals surface area contributed by atoms with Gasteiger partial charge in [-0.05, 0) is 38.0 Å². The highest BCUT2D eigenvalue weighted by atomic mass is 35.5. The van der Waals surface area contributed by atoms with Crippen molar-refractivity contribution in [3.8, 4) is 11.3 Å². The van der Waals surface area contributed by atoms with E-state index in [2.05, 4.69) is 20.3 Å². The van der Waals surface area contributed by atoms with Gasteiger partial charge in [0.25, 0.3) is 11.5 Å². The molecule has 8 nitrogen and oxygen atoms in total. The first-order chi connectivity index (χ1) is 15.3. The van der Waals surface area contributed by atoms with Gasteiger partial charge in [-0.15, -0.1) is 5.10 Å². The van der Waals surface area contributed by atoms with E-state index in [1.54, 1.807) is 28.9 Å². The molecule has 32 heavy (non-hydrogen) atoms. The summed E-state index contributed by atoms with van der Waals surface area (Å²) in [4.78, 5) is 33.9. The fourth-order valence-electron chi connectivity index (χ4n) is 4.50. The van der Waals surface area contributed by atoms with E-state index in [9.17, 15) is 9.59 Å². The third-order valence-corrected chi connectivity index (χ3v) is 6.80. The van der Waals surface area contributed by atoms with Crippen LogP contribution in [-0.2, 0) is 20.0 Å². The summed E-state index contributed by atoms with van der Waals surface area (Å²) >= 11 is 13.4. The number of halogens is 2. The highest BCUT2D eigenvalue weighted by Crippen LogP contribution is 2.40. The quantitative estimate of drug-likeness (QED) is 0.475. The molecule has 1 aromatic carbocycles.